The minimum Gasteiger partial charge on any atom is -0.348 e. The summed E-state index contributed by atoms with van der Waals surface area (Å²) in [6, 6.07) is 8.37. The summed E-state index contributed by atoms with van der Waals surface area (Å²) in [6.07, 6.45) is 2.41. The second kappa shape index (κ2) is 5.65. The van der Waals surface area contributed by atoms with Gasteiger partial charge in [0, 0.05) is 17.8 Å². The number of benzene rings is 1. The Labute approximate surface area is 126 Å². The smallest absolute Gasteiger partial charge is 0.273 e. The summed E-state index contributed by atoms with van der Waals surface area (Å²) >= 11 is 1.74. The molecule has 0 aliphatic heterocycles. The number of rotatable bonds is 4. The fourth-order valence-corrected chi connectivity index (χ4v) is 3.30. The molecule has 3 aromatic rings. The minimum absolute atomic E-state index is 0.0394. The van der Waals surface area contributed by atoms with E-state index in [4.69, 9.17) is 0 Å². The number of nitrogens with one attached hydrogen (secondary N) is 1. The lowest BCUT2D eigenvalue weighted by Gasteiger charge is -2.12. The summed E-state index contributed by atoms with van der Waals surface area (Å²) in [5.41, 5.74) is 1.61. The average molecular weight is 300 g/mol. The van der Waals surface area contributed by atoms with Gasteiger partial charge >= 0.3 is 0 Å². The molecule has 108 valence electrons. The van der Waals surface area contributed by atoms with Gasteiger partial charge in [-0.25, -0.2) is 0 Å². The van der Waals surface area contributed by atoms with Gasteiger partial charge in [-0.2, -0.15) is 0 Å². The molecule has 5 nitrogen and oxygen atoms in total. The number of carbonyl (C=O) groups excluding carboxylic acids is 1. The van der Waals surface area contributed by atoms with Gasteiger partial charge in [-0.1, -0.05) is 23.4 Å². The van der Waals surface area contributed by atoms with Crippen LogP contribution in [0.5, 0.6) is 0 Å². The minimum atomic E-state index is -0.185. The van der Waals surface area contributed by atoms with Crippen molar-refractivity contribution >= 4 is 27.3 Å². The van der Waals surface area contributed by atoms with Gasteiger partial charge < -0.3 is 5.32 Å². The number of amides is 1. The summed E-state index contributed by atoms with van der Waals surface area (Å²) in [5, 5.41) is 14.0. The van der Waals surface area contributed by atoms with Crippen LogP contribution in [0.1, 0.15) is 23.0 Å². The third-order valence-electron chi connectivity index (χ3n) is 3.30. The summed E-state index contributed by atoms with van der Waals surface area (Å²) in [7, 11) is 1.74. The molecule has 1 aromatic carbocycles. The molecule has 0 fully saturated rings. The second-order valence-corrected chi connectivity index (χ2v) is 6.02. The maximum Gasteiger partial charge on any atom is 0.273 e. The molecular weight excluding hydrogens is 284 g/mol. The van der Waals surface area contributed by atoms with Crippen molar-refractivity contribution in [2.45, 2.75) is 19.4 Å². The largest absolute Gasteiger partial charge is 0.348 e. The molecule has 2 aromatic heterocycles. The highest BCUT2D eigenvalue weighted by Gasteiger charge is 2.14. The van der Waals surface area contributed by atoms with Crippen LogP contribution in [0.3, 0.4) is 0 Å². The lowest BCUT2D eigenvalue weighted by atomic mass is 10.1. The molecule has 1 N–H and O–H groups in total. The zero-order valence-corrected chi connectivity index (χ0v) is 12.7. The Bertz CT molecular complexity index is 777. The van der Waals surface area contributed by atoms with E-state index in [1.54, 1.807) is 24.6 Å². The topological polar surface area (TPSA) is 59.8 Å². The molecule has 1 atom stereocenters. The van der Waals surface area contributed by atoms with E-state index in [-0.39, 0.29) is 11.9 Å². The summed E-state index contributed by atoms with van der Waals surface area (Å²) in [5.74, 6) is -0.185. The Morgan fingerprint density at radius 2 is 2.24 bits per heavy atom. The Morgan fingerprint density at radius 1 is 1.43 bits per heavy atom. The number of thiophene rings is 1. The van der Waals surface area contributed by atoms with Gasteiger partial charge in [-0.15, -0.1) is 16.4 Å². The van der Waals surface area contributed by atoms with E-state index < -0.39 is 0 Å². The monoisotopic (exact) mass is 300 g/mol. The Morgan fingerprint density at radius 3 is 3.00 bits per heavy atom. The van der Waals surface area contributed by atoms with E-state index in [0.717, 1.165) is 6.42 Å². The van der Waals surface area contributed by atoms with Crippen LogP contribution in [0, 0.1) is 0 Å². The first-order chi connectivity index (χ1) is 10.1. The van der Waals surface area contributed by atoms with Crippen LogP contribution in [0.4, 0.5) is 0 Å². The van der Waals surface area contributed by atoms with Gasteiger partial charge in [-0.3, -0.25) is 9.48 Å². The third kappa shape index (κ3) is 2.95. The zero-order chi connectivity index (χ0) is 14.8. The van der Waals surface area contributed by atoms with Crippen molar-refractivity contribution in [1.82, 2.24) is 20.3 Å². The molecule has 0 unspecified atom stereocenters. The Hall–Kier alpha value is -2.21. The van der Waals surface area contributed by atoms with Gasteiger partial charge in [0.25, 0.3) is 5.91 Å². The molecule has 0 saturated heterocycles. The fraction of sp³-hybridized carbons (Fsp3) is 0.267. The fourth-order valence-electron chi connectivity index (χ4n) is 2.32. The summed E-state index contributed by atoms with van der Waals surface area (Å²) in [6.45, 7) is 2.00. The third-order valence-corrected chi connectivity index (χ3v) is 4.31. The van der Waals surface area contributed by atoms with Gasteiger partial charge in [0.05, 0.1) is 6.20 Å². The van der Waals surface area contributed by atoms with Crippen molar-refractivity contribution in [2.24, 2.45) is 7.05 Å². The van der Waals surface area contributed by atoms with Crippen molar-refractivity contribution in [3.63, 3.8) is 0 Å². The number of aryl methyl sites for hydroxylation is 1. The molecule has 3 rings (SSSR count). The van der Waals surface area contributed by atoms with Gasteiger partial charge in [0.1, 0.15) is 0 Å². The van der Waals surface area contributed by atoms with Crippen molar-refractivity contribution in [2.75, 3.05) is 0 Å². The van der Waals surface area contributed by atoms with Crippen LogP contribution < -0.4 is 5.32 Å². The second-order valence-electron chi connectivity index (χ2n) is 5.11. The van der Waals surface area contributed by atoms with E-state index in [9.17, 15) is 4.79 Å². The first-order valence-corrected chi connectivity index (χ1v) is 7.64. The number of nitrogens with zero attached hydrogens (tertiary/aromatic N) is 3. The molecule has 2 heterocycles. The summed E-state index contributed by atoms with van der Waals surface area (Å²) in [4.78, 5) is 12.0. The van der Waals surface area contributed by atoms with Gasteiger partial charge in [0.2, 0.25) is 0 Å². The first kappa shape index (κ1) is 13.8. The molecule has 1 amide bonds. The van der Waals surface area contributed by atoms with Gasteiger partial charge in [0.15, 0.2) is 5.69 Å². The van der Waals surface area contributed by atoms with E-state index in [1.165, 1.54) is 20.3 Å². The maximum absolute atomic E-state index is 12.0. The Kier molecular flexibility index (Phi) is 3.70. The molecule has 0 aliphatic carbocycles. The number of hydrogen-bond acceptors (Lipinski definition) is 4. The number of fused-ring (bicyclic) bond motifs is 1. The zero-order valence-electron chi connectivity index (χ0n) is 11.9. The van der Waals surface area contributed by atoms with Crippen LogP contribution in [0.2, 0.25) is 0 Å². The molecule has 6 heteroatoms. The molecular formula is C15H16N4OS. The molecule has 0 radical (unpaired) electrons. The Balaban J connectivity index is 1.69. The molecule has 0 saturated carbocycles. The number of hydrogen-bond donors (Lipinski definition) is 1. The highest BCUT2D eigenvalue weighted by atomic mass is 32.1. The molecule has 0 bridgehead atoms. The first-order valence-electron chi connectivity index (χ1n) is 6.76. The van der Waals surface area contributed by atoms with E-state index >= 15 is 0 Å². The van der Waals surface area contributed by atoms with Crippen LogP contribution >= 0.6 is 11.3 Å². The normalized spacial score (nSPS) is 12.5. The SMILES string of the molecule is C[C@@H](Cc1csc2ccccc12)NC(=O)c1cn(C)nn1. The van der Waals surface area contributed by atoms with Crippen molar-refractivity contribution < 1.29 is 4.79 Å². The predicted octanol–water partition coefficient (Wildman–Crippen LogP) is 2.39. The van der Waals surface area contributed by atoms with Crippen molar-refractivity contribution in [3.8, 4) is 0 Å². The quantitative estimate of drug-likeness (QED) is 0.805. The van der Waals surface area contributed by atoms with E-state index in [1.807, 2.05) is 19.1 Å². The lowest BCUT2D eigenvalue weighted by Crippen LogP contribution is -2.34. The number of carbonyl (C=O) groups is 1. The molecule has 0 spiro atoms. The predicted molar refractivity (Wildman–Crippen MR) is 83.5 cm³/mol. The number of aromatic nitrogens is 3. The van der Waals surface area contributed by atoms with E-state index in [2.05, 4.69) is 33.1 Å². The maximum atomic E-state index is 12.0. The lowest BCUT2D eigenvalue weighted by molar-refractivity contribution is 0.0935. The van der Waals surface area contributed by atoms with Gasteiger partial charge in [-0.05, 0) is 35.7 Å². The molecule has 21 heavy (non-hydrogen) atoms. The van der Waals surface area contributed by atoms with Crippen LogP contribution in [-0.2, 0) is 13.5 Å². The van der Waals surface area contributed by atoms with Crippen LogP contribution in [-0.4, -0.2) is 26.9 Å². The van der Waals surface area contributed by atoms with Crippen molar-refractivity contribution in [1.29, 1.82) is 0 Å². The average Bonchev–Trinajstić information content (AvgIpc) is 3.06. The highest BCUT2D eigenvalue weighted by Crippen LogP contribution is 2.26. The van der Waals surface area contributed by atoms with Crippen LogP contribution in [0.15, 0.2) is 35.8 Å². The van der Waals surface area contributed by atoms with Crippen LogP contribution in [0.25, 0.3) is 10.1 Å². The standard InChI is InChI=1S/C15H16N4OS/c1-10(16-15(20)13-8-19(2)18-17-13)7-11-9-21-14-6-4-3-5-12(11)14/h3-6,8-10H,7H2,1-2H3,(H,16,20)/t10-/m0/s1. The molecule has 0 aliphatic rings. The summed E-state index contributed by atoms with van der Waals surface area (Å²) < 4.78 is 2.80. The van der Waals surface area contributed by atoms with E-state index in [0.29, 0.717) is 5.69 Å². The highest BCUT2D eigenvalue weighted by molar-refractivity contribution is 7.17. The van der Waals surface area contributed by atoms with Crippen molar-refractivity contribution in [3.05, 3.63) is 47.1 Å².